The minimum Gasteiger partial charge on any atom is -0.372 e. The average molecular weight is 276 g/mol. The molecule has 0 aromatic heterocycles. The van der Waals surface area contributed by atoms with Crippen molar-refractivity contribution >= 4 is 29.1 Å². The summed E-state index contributed by atoms with van der Waals surface area (Å²) < 4.78 is 4.97. The monoisotopic (exact) mass is 275 g/mol. The van der Waals surface area contributed by atoms with E-state index < -0.39 is 6.10 Å². The first-order chi connectivity index (χ1) is 7.93. The molecule has 0 saturated heterocycles. The molecule has 0 aliphatic carbocycles. The zero-order valence-electron chi connectivity index (χ0n) is 10.0. The summed E-state index contributed by atoms with van der Waals surface area (Å²) in [5.74, 6) is -0.0800. The Bertz CT molecular complexity index is 389. The summed E-state index contributed by atoms with van der Waals surface area (Å²) in [5, 5.41) is 1.13. The van der Waals surface area contributed by atoms with Gasteiger partial charge in [-0.25, -0.2) is 0 Å². The van der Waals surface area contributed by atoms with Gasteiger partial charge < -0.3 is 9.64 Å². The van der Waals surface area contributed by atoms with E-state index in [1.165, 1.54) is 7.11 Å². The zero-order valence-corrected chi connectivity index (χ0v) is 11.5. The Morgan fingerprint density at radius 3 is 2.35 bits per heavy atom. The molecule has 0 spiro atoms. The van der Waals surface area contributed by atoms with Gasteiger partial charge in [0.1, 0.15) is 6.10 Å². The van der Waals surface area contributed by atoms with Crippen LogP contribution in [0.1, 0.15) is 12.5 Å². The lowest BCUT2D eigenvalue weighted by Crippen LogP contribution is -2.35. The maximum atomic E-state index is 11.8. The number of hydrogen-bond acceptors (Lipinski definition) is 2. The van der Waals surface area contributed by atoms with Crippen LogP contribution >= 0.6 is 23.2 Å². The second kappa shape index (κ2) is 6.24. The van der Waals surface area contributed by atoms with Crippen LogP contribution in [0, 0.1) is 0 Å². The van der Waals surface area contributed by atoms with Gasteiger partial charge in [-0.15, -0.1) is 0 Å². The number of nitrogens with zero attached hydrogens (tertiary/aromatic N) is 1. The molecule has 94 valence electrons. The van der Waals surface area contributed by atoms with Gasteiger partial charge in [-0.1, -0.05) is 23.2 Å². The molecule has 1 rings (SSSR count). The zero-order chi connectivity index (χ0) is 13.0. The lowest BCUT2D eigenvalue weighted by molar-refractivity contribution is -0.140. The number of methoxy groups -OCH3 is 1. The van der Waals surface area contributed by atoms with Gasteiger partial charge in [-0.2, -0.15) is 0 Å². The van der Waals surface area contributed by atoms with Crippen LogP contribution in [-0.4, -0.2) is 31.1 Å². The molecule has 0 saturated carbocycles. The Hall–Kier alpha value is -0.770. The second-order valence-corrected chi connectivity index (χ2v) is 4.72. The maximum absolute atomic E-state index is 11.8. The highest BCUT2D eigenvalue weighted by molar-refractivity contribution is 6.34. The predicted molar refractivity (Wildman–Crippen MR) is 69.4 cm³/mol. The number of halogens is 2. The van der Waals surface area contributed by atoms with Crippen molar-refractivity contribution in [3.63, 3.8) is 0 Å². The Labute approximate surface area is 111 Å². The van der Waals surface area contributed by atoms with Crippen molar-refractivity contribution in [2.75, 3.05) is 14.2 Å². The molecule has 0 N–H and O–H groups in total. The van der Waals surface area contributed by atoms with E-state index in [0.717, 1.165) is 5.56 Å². The van der Waals surface area contributed by atoms with Crippen molar-refractivity contribution in [1.82, 2.24) is 4.90 Å². The van der Waals surface area contributed by atoms with Gasteiger partial charge in [-0.05, 0) is 30.7 Å². The highest BCUT2D eigenvalue weighted by atomic mass is 35.5. The van der Waals surface area contributed by atoms with Crippen molar-refractivity contribution < 1.29 is 9.53 Å². The van der Waals surface area contributed by atoms with Gasteiger partial charge in [0.2, 0.25) is 0 Å². The Balaban J connectivity index is 2.74. The van der Waals surface area contributed by atoms with Crippen LogP contribution in [0.4, 0.5) is 0 Å². The second-order valence-electron chi connectivity index (χ2n) is 3.85. The summed E-state index contributed by atoms with van der Waals surface area (Å²) in [7, 11) is 3.22. The standard InChI is InChI=1S/C12H15Cl2NO2/c1-8(17-3)12(16)15(2)7-9-4-10(13)6-11(14)5-9/h4-6,8H,7H2,1-3H3. The Kier molecular flexibility index (Phi) is 5.25. The van der Waals surface area contributed by atoms with Crippen LogP contribution in [-0.2, 0) is 16.1 Å². The number of likely N-dealkylation sites (N-methyl/N-ethyl adjacent to an activating group) is 1. The molecule has 1 aromatic rings. The molecule has 5 heteroatoms. The number of hydrogen-bond donors (Lipinski definition) is 0. The molecule has 0 aliphatic heterocycles. The van der Waals surface area contributed by atoms with E-state index in [1.807, 2.05) is 0 Å². The predicted octanol–water partition coefficient (Wildman–Crippen LogP) is 2.99. The topological polar surface area (TPSA) is 29.5 Å². The summed E-state index contributed by atoms with van der Waals surface area (Å²) in [6, 6.07) is 5.23. The fourth-order valence-corrected chi connectivity index (χ4v) is 2.04. The number of ether oxygens (including phenoxy) is 1. The molecular weight excluding hydrogens is 261 g/mol. The number of amides is 1. The van der Waals surface area contributed by atoms with E-state index in [1.54, 1.807) is 37.1 Å². The fraction of sp³-hybridized carbons (Fsp3) is 0.417. The third kappa shape index (κ3) is 4.19. The molecular formula is C12H15Cl2NO2. The highest BCUT2D eigenvalue weighted by Crippen LogP contribution is 2.20. The average Bonchev–Trinajstić information content (AvgIpc) is 2.25. The fourth-order valence-electron chi connectivity index (χ4n) is 1.47. The van der Waals surface area contributed by atoms with Gasteiger partial charge in [0, 0.05) is 30.7 Å². The van der Waals surface area contributed by atoms with Crippen molar-refractivity contribution in [2.24, 2.45) is 0 Å². The summed E-state index contributed by atoms with van der Waals surface area (Å²) in [4.78, 5) is 13.4. The van der Waals surface area contributed by atoms with Crippen molar-refractivity contribution in [2.45, 2.75) is 19.6 Å². The van der Waals surface area contributed by atoms with E-state index in [2.05, 4.69) is 0 Å². The van der Waals surface area contributed by atoms with Crippen LogP contribution in [0.2, 0.25) is 10.0 Å². The molecule has 0 aliphatic rings. The first-order valence-electron chi connectivity index (χ1n) is 5.16. The summed E-state index contributed by atoms with van der Waals surface area (Å²) in [6.45, 7) is 2.16. The summed E-state index contributed by atoms with van der Waals surface area (Å²) in [5.41, 5.74) is 0.890. The number of carbonyl (C=O) groups is 1. The minimum absolute atomic E-state index is 0.0800. The molecule has 1 atom stereocenters. The molecule has 0 fully saturated rings. The third-order valence-corrected chi connectivity index (χ3v) is 2.86. The van der Waals surface area contributed by atoms with Crippen LogP contribution < -0.4 is 0 Å². The lowest BCUT2D eigenvalue weighted by atomic mass is 10.2. The van der Waals surface area contributed by atoms with Gasteiger partial charge in [0.25, 0.3) is 5.91 Å². The van der Waals surface area contributed by atoms with E-state index in [0.29, 0.717) is 16.6 Å². The first kappa shape index (κ1) is 14.3. The van der Waals surface area contributed by atoms with Gasteiger partial charge in [0.05, 0.1) is 0 Å². The largest absolute Gasteiger partial charge is 0.372 e. The van der Waals surface area contributed by atoms with E-state index in [9.17, 15) is 4.79 Å². The number of rotatable bonds is 4. The van der Waals surface area contributed by atoms with Gasteiger partial charge in [0.15, 0.2) is 0 Å². The van der Waals surface area contributed by atoms with Crippen LogP contribution in [0.15, 0.2) is 18.2 Å². The van der Waals surface area contributed by atoms with Crippen molar-refractivity contribution in [1.29, 1.82) is 0 Å². The van der Waals surface area contributed by atoms with Gasteiger partial charge >= 0.3 is 0 Å². The number of carbonyl (C=O) groups excluding carboxylic acids is 1. The van der Waals surface area contributed by atoms with E-state index in [4.69, 9.17) is 27.9 Å². The number of benzene rings is 1. The third-order valence-electron chi connectivity index (χ3n) is 2.42. The molecule has 1 aromatic carbocycles. The summed E-state index contributed by atoms with van der Waals surface area (Å²) >= 11 is 11.8. The van der Waals surface area contributed by atoms with Gasteiger partial charge in [-0.3, -0.25) is 4.79 Å². The summed E-state index contributed by atoms with van der Waals surface area (Å²) in [6.07, 6.45) is -0.449. The normalized spacial score (nSPS) is 12.3. The van der Waals surface area contributed by atoms with Crippen molar-refractivity contribution in [3.8, 4) is 0 Å². The maximum Gasteiger partial charge on any atom is 0.251 e. The van der Waals surface area contributed by atoms with Crippen LogP contribution in [0.25, 0.3) is 0 Å². The smallest absolute Gasteiger partial charge is 0.251 e. The highest BCUT2D eigenvalue weighted by Gasteiger charge is 2.16. The van der Waals surface area contributed by atoms with Crippen LogP contribution in [0.3, 0.4) is 0 Å². The Morgan fingerprint density at radius 2 is 1.88 bits per heavy atom. The molecule has 17 heavy (non-hydrogen) atoms. The van der Waals surface area contributed by atoms with Crippen LogP contribution in [0.5, 0.6) is 0 Å². The van der Waals surface area contributed by atoms with E-state index >= 15 is 0 Å². The minimum atomic E-state index is -0.449. The SMILES string of the molecule is COC(C)C(=O)N(C)Cc1cc(Cl)cc(Cl)c1. The Morgan fingerprint density at radius 1 is 1.35 bits per heavy atom. The molecule has 1 amide bonds. The molecule has 0 heterocycles. The first-order valence-corrected chi connectivity index (χ1v) is 5.92. The van der Waals surface area contributed by atoms with Crippen molar-refractivity contribution in [3.05, 3.63) is 33.8 Å². The molecule has 1 unspecified atom stereocenters. The molecule has 3 nitrogen and oxygen atoms in total. The molecule has 0 bridgehead atoms. The molecule has 0 radical (unpaired) electrons. The quantitative estimate of drug-likeness (QED) is 0.846. The lowest BCUT2D eigenvalue weighted by Gasteiger charge is -2.20. The van der Waals surface area contributed by atoms with E-state index in [-0.39, 0.29) is 5.91 Å².